The molecule has 3 heteroatoms. The van der Waals surface area contributed by atoms with Crippen LogP contribution in [0.1, 0.15) is 47.1 Å². The molecule has 106 valence electrons. The van der Waals surface area contributed by atoms with Gasteiger partial charge in [-0.15, -0.1) is 11.6 Å². The van der Waals surface area contributed by atoms with E-state index in [1.165, 1.54) is 23.6 Å². The maximum Gasteiger partial charge on any atom is 0.303 e. The molecule has 2 aliphatic carbocycles. The number of ether oxygens (including phenoxy) is 1. The molecule has 0 aliphatic heterocycles. The summed E-state index contributed by atoms with van der Waals surface area (Å²) in [6.45, 7) is 1.46. The minimum Gasteiger partial charge on any atom is -0.457 e. The second kappa shape index (κ2) is 4.60. The maximum absolute atomic E-state index is 11.6. The van der Waals surface area contributed by atoms with E-state index in [1.54, 1.807) is 0 Å². The van der Waals surface area contributed by atoms with Gasteiger partial charge < -0.3 is 4.74 Å². The second-order valence-corrected chi connectivity index (χ2v) is 6.24. The summed E-state index contributed by atoms with van der Waals surface area (Å²) in [5, 5.41) is -0.0679. The van der Waals surface area contributed by atoms with Gasteiger partial charge in [-0.25, -0.2) is 0 Å². The van der Waals surface area contributed by atoms with Crippen molar-refractivity contribution in [3.05, 3.63) is 70.8 Å². The lowest BCUT2D eigenvalue weighted by Gasteiger charge is -2.35. The molecule has 2 bridgehead atoms. The summed E-state index contributed by atoms with van der Waals surface area (Å²) in [4.78, 5) is 11.6. The van der Waals surface area contributed by atoms with Gasteiger partial charge in [-0.2, -0.15) is 0 Å². The Balaban J connectivity index is 1.97. The first-order valence-electron chi connectivity index (χ1n) is 7.17. The van der Waals surface area contributed by atoms with Crippen molar-refractivity contribution < 1.29 is 9.53 Å². The third-order valence-corrected chi connectivity index (χ3v) is 5.13. The molecule has 2 aromatic rings. The van der Waals surface area contributed by atoms with Gasteiger partial charge >= 0.3 is 5.97 Å². The van der Waals surface area contributed by atoms with E-state index in [0.717, 1.165) is 5.56 Å². The van der Waals surface area contributed by atoms with Crippen LogP contribution in [0.5, 0.6) is 0 Å². The van der Waals surface area contributed by atoms with E-state index < -0.39 is 0 Å². The Morgan fingerprint density at radius 2 is 1.48 bits per heavy atom. The van der Waals surface area contributed by atoms with Gasteiger partial charge in [-0.3, -0.25) is 4.79 Å². The molecular formula is C18H15ClO2. The van der Waals surface area contributed by atoms with Crippen LogP contribution in [0.15, 0.2) is 48.5 Å². The third kappa shape index (κ3) is 1.75. The van der Waals surface area contributed by atoms with Crippen molar-refractivity contribution in [1.82, 2.24) is 0 Å². The van der Waals surface area contributed by atoms with Crippen molar-refractivity contribution in [2.24, 2.45) is 0 Å². The number of esters is 1. The molecule has 21 heavy (non-hydrogen) atoms. The highest BCUT2D eigenvalue weighted by molar-refractivity contribution is 6.22. The van der Waals surface area contributed by atoms with E-state index in [1.807, 2.05) is 24.3 Å². The molecule has 0 spiro atoms. The molecule has 0 heterocycles. The predicted molar refractivity (Wildman–Crippen MR) is 81.6 cm³/mol. The van der Waals surface area contributed by atoms with Gasteiger partial charge in [-0.1, -0.05) is 48.5 Å². The fraction of sp³-hybridized carbons (Fsp3) is 0.278. The standard InChI is InChI=1S/C18H15ClO2/c1-10(20)21-18-14-9-5-4-8-13(14)15-11-6-2-3-7-12(11)16(18)17(15)19/h2-9,15-18H,1H3/t15-,16-,17-,18-/m1/s1. The largest absolute Gasteiger partial charge is 0.457 e. The molecule has 0 N–H and O–H groups in total. The zero-order chi connectivity index (χ0) is 14.6. The van der Waals surface area contributed by atoms with E-state index in [0.29, 0.717) is 0 Å². The summed E-state index contributed by atoms with van der Waals surface area (Å²) < 4.78 is 5.65. The van der Waals surface area contributed by atoms with E-state index in [2.05, 4.69) is 24.3 Å². The molecule has 4 atom stereocenters. The fourth-order valence-electron chi connectivity index (χ4n) is 3.88. The number of benzene rings is 2. The number of alkyl halides is 1. The molecule has 2 aliphatic rings. The maximum atomic E-state index is 11.6. The van der Waals surface area contributed by atoms with E-state index in [9.17, 15) is 4.79 Å². The molecule has 0 radical (unpaired) electrons. The summed E-state index contributed by atoms with van der Waals surface area (Å²) in [5.41, 5.74) is 4.76. The van der Waals surface area contributed by atoms with Gasteiger partial charge in [0.2, 0.25) is 0 Å². The monoisotopic (exact) mass is 298 g/mol. The lowest BCUT2D eigenvalue weighted by atomic mass is 9.78. The molecule has 2 aromatic carbocycles. The number of hydrogen-bond acceptors (Lipinski definition) is 2. The number of hydrogen-bond donors (Lipinski definition) is 0. The Labute approximate surface area is 128 Å². The lowest BCUT2D eigenvalue weighted by Crippen LogP contribution is -2.29. The van der Waals surface area contributed by atoms with Gasteiger partial charge in [0.25, 0.3) is 0 Å². The normalized spacial score (nSPS) is 28.7. The van der Waals surface area contributed by atoms with E-state index in [-0.39, 0.29) is 29.3 Å². The summed E-state index contributed by atoms with van der Waals surface area (Å²) in [6.07, 6.45) is -0.291. The average Bonchev–Trinajstić information content (AvgIpc) is 2.69. The van der Waals surface area contributed by atoms with E-state index >= 15 is 0 Å². The first-order valence-corrected chi connectivity index (χ1v) is 7.61. The van der Waals surface area contributed by atoms with Crippen molar-refractivity contribution in [3.63, 3.8) is 0 Å². The van der Waals surface area contributed by atoms with Crippen LogP contribution >= 0.6 is 11.6 Å². The molecule has 2 nitrogen and oxygen atoms in total. The van der Waals surface area contributed by atoms with Gasteiger partial charge in [0, 0.05) is 18.8 Å². The van der Waals surface area contributed by atoms with Crippen LogP contribution in [0.3, 0.4) is 0 Å². The predicted octanol–water partition coefficient (Wildman–Crippen LogP) is 4.14. The molecule has 0 unspecified atom stereocenters. The minimum atomic E-state index is -0.291. The van der Waals surface area contributed by atoms with Gasteiger partial charge in [0.1, 0.15) is 6.10 Å². The molecule has 0 amide bonds. The van der Waals surface area contributed by atoms with Crippen LogP contribution in [0.25, 0.3) is 0 Å². The van der Waals surface area contributed by atoms with Crippen molar-refractivity contribution >= 4 is 17.6 Å². The van der Waals surface area contributed by atoms with E-state index in [4.69, 9.17) is 16.3 Å². The number of rotatable bonds is 1. The van der Waals surface area contributed by atoms with Crippen molar-refractivity contribution in [3.8, 4) is 0 Å². The molecule has 0 saturated heterocycles. The minimum absolute atomic E-state index is 0.0340. The quantitative estimate of drug-likeness (QED) is 0.584. The fourth-order valence-corrected chi connectivity index (χ4v) is 4.42. The average molecular weight is 299 g/mol. The third-order valence-electron chi connectivity index (χ3n) is 4.61. The zero-order valence-electron chi connectivity index (χ0n) is 11.6. The van der Waals surface area contributed by atoms with Crippen LogP contribution in [0, 0.1) is 0 Å². The molecule has 4 rings (SSSR count). The lowest BCUT2D eigenvalue weighted by molar-refractivity contribution is -0.148. The summed E-state index contributed by atoms with van der Waals surface area (Å²) in [6, 6.07) is 16.5. The Kier molecular flexibility index (Phi) is 2.83. The summed E-state index contributed by atoms with van der Waals surface area (Å²) >= 11 is 6.76. The molecular weight excluding hydrogens is 284 g/mol. The Morgan fingerprint density at radius 3 is 2.10 bits per heavy atom. The topological polar surface area (TPSA) is 26.3 Å². The summed E-state index contributed by atoms with van der Waals surface area (Å²) in [7, 11) is 0. The summed E-state index contributed by atoms with van der Waals surface area (Å²) in [5.74, 6) is -0.0379. The first-order chi connectivity index (χ1) is 10.2. The molecule has 0 aromatic heterocycles. The Bertz CT molecular complexity index is 725. The van der Waals surface area contributed by atoms with Gasteiger partial charge in [0.05, 0.1) is 5.38 Å². The second-order valence-electron chi connectivity index (χ2n) is 5.74. The zero-order valence-corrected chi connectivity index (χ0v) is 12.4. The number of halogens is 1. The number of fused-ring (bicyclic) bond motifs is 7. The highest BCUT2D eigenvalue weighted by Gasteiger charge is 2.50. The van der Waals surface area contributed by atoms with Crippen LogP contribution in [-0.4, -0.2) is 11.3 Å². The number of carbonyl (C=O) groups excluding carboxylic acids is 1. The first kappa shape index (κ1) is 12.9. The van der Waals surface area contributed by atoms with Crippen LogP contribution in [-0.2, 0) is 9.53 Å². The highest BCUT2D eigenvalue weighted by Crippen LogP contribution is 2.59. The molecule has 0 saturated carbocycles. The van der Waals surface area contributed by atoms with Crippen LogP contribution < -0.4 is 0 Å². The Morgan fingerprint density at radius 1 is 0.952 bits per heavy atom. The molecule has 0 fully saturated rings. The van der Waals surface area contributed by atoms with Crippen LogP contribution in [0.2, 0.25) is 0 Å². The van der Waals surface area contributed by atoms with Gasteiger partial charge in [0.15, 0.2) is 0 Å². The van der Waals surface area contributed by atoms with Gasteiger partial charge in [-0.05, 0) is 22.3 Å². The van der Waals surface area contributed by atoms with Crippen molar-refractivity contribution in [2.45, 2.75) is 30.2 Å². The van der Waals surface area contributed by atoms with Crippen LogP contribution in [0.4, 0.5) is 0 Å². The van der Waals surface area contributed by atoms with Crippen molar-refractivity contribution in [1.29, 1.82) is 0 Å². The number of carbonyl (C=O) groups is 1. The Hall–Kier alpha value is -1.80. The van der Waals surface area contributed by atoms with Crippen molar-refractivity contribution in [2.75, 3.05) is 0 Å². The smallest absolute Gasteiger partial charge is 0.303 e. The highest BCUT2D eigenvalue weighted by atomic mass is 35.5. The SMILES string of the molecule is CC(=O)O[C@@H]1c2ccccc2[C@H]2c3ccccc3[C@@H]1[C@@H]2Cl.